The van der Waals surface area contributed by atoms with Crippen LogP contribution in [0.1, 0.15) is 12.5 Å². The molecule has 0 N–H and O–H groups in total. The summed E-state index contributed by atoms with van der Waals surface area (Å²) in [7, 11) is 0. The van der Waals surface area contributed by atoms with Gasteiger partial charge in [0.1, 0.15) is 12.4 Å². The van der Waals surface area contributed by atoms with Crippen LogP contribution < -0.4 is 4.74 Å². The standard InChI is InChI=1S/C11H11NO2/c1-9(13)8-14-11-4-2-10(3-5-11)6-7-12/h2-5H,6,8H2,1H3. The molecule has 0 unspecified atom stereocenters. The molecule has 0 aliphatic carbocycles. The Morgan fingerprint density at radius 2 is 2.07 bits per heavy atom. The number of carbonyl (C=O) groups excluding carboxylic acids is 1. The molecule has 0 saturated carbocycles. The lowest BCUT2D eigenvalue weighted by atomic mass is 10.2. The predicted octanol–water partition coefficient (Wildman–Crippen LogP) is 1.72. The van der Waals surface area contributed by atoms with Crippen molar-refractivity contribution < 1.29 is 9.53 Å². The maximum atomic E-state index is 10.6. The van der Waals surface area contributed by atoms with Gasteiger partial charge in [-0.2, -0.15) is 5.26 Å². The molecule has 1 aromatic carbocycles. The smallest absolute Gasteiger partial charge is 0.167 e. The van der Waals surface area contributed by atoms with Crippen LogP contribution in [0.3, 0.4) is 0 Å². The van der Waals surface area contributed by atoms with Gasteiger partial charge in [0.15, 0.2) is 5.78 Å². The van der Waals surface area contributed by atoms with Crippen LogP contribution in [-0.4, -0.2) is 12.4 Å². The van der Waals surface area contributed by atoms with E-state index in [1.165, 1.54) is 6.92 Å². The van der Waals surface area contributed by atoms with E-state index < -0.39 is 0 Å². The van der Waals surface area contributed by atoms with Crippen LogP contribution in [0.5, 0.6) is 5.75 Å². The van der Waals surface area contributed by atoms with Gasteiger partial charge in [0.2, 0.25) is 0 Å². The molecule has 1 rings (SSSR count). The number of ether oxygens (including phenoxy) is 1. The van der Waals surface area contributed by atoms with Gasteiger partial charge >= 0.3 is 0 Å². The molecule has 1 aromatic rings. The minimum absolute atomic E-state index is 0.00824. The SMILES string of the molecule is CC(=O)COc1ccc(CC#N)cc1. The van der Waals surface area contributed by atoms with Crippen LogP contribution in [0.25, 0.3) is 0 Å². The first-order chi connectivity index (χ1) is 6.72. The van der Waals surface area contributed by atoms with Crippen molar-refractivity contribution in [3.05, 3.63) is 29.8 Å². The summed E-state index contributed by atoms with van der Waals surface area (Å²) in [6, 6.07) is 9.21. The van der Waals surface area contributed by atoms with Gasteiger partial charge in [-0.1, -0.05) is 12.1 Å². The summed E-state index contributed by atoms with van der Waals surface area (Å²) in [5, 5.41) is 8.44. The number of carbonyl (C=O) groups is 1. The molecule has 72 valence electrons. The highest BCUT2D eigenvalue weighted by Gasteiger charge is 1.97. The predicted molar refractivity (Wildman–Crippen MR) is 51.9 cm³/mol. The minimum atomic E-state index is -0.00824. The van der Waals surface area contributed by atoms with E-state index in [1.807, 2.05) is 12.1 Å². The molecule has 0 aliphatic heterocycles. The van der Waals surface area contributed by atoms with E-state index in [0.717, 1.165) is 5.56 Å². The Morgan fingerprint density at radius 1 is 1.43 bits per heavy atom. The Balaban J connectivity index is 2.56. The van der Waals surface area contributed by atoms with Crippen LogP contribution in [0.2, 0.25) is 0 Å². The van der Waals surface area contributed by atoms with Gasteiger partial charge in [-0.15, -0.1) is 0 Å². The number of nitriles is 1. The normalized spacial score (nSPS) is 9.14. The van der Waals surface area contributed by atoms with Gasteiger partial charge in [-0.3, -0.25) is 4.79 Å². The largest absolute Gasteiger partial charge is 0.486 e. The lowest BCUT2D eigenvalue weighted by molar-refractivity contribution is -0.118. The minimum Gasteiger partial charge on any atom is -0.486 e. The lowest BCUT2D eigenvalue weighted by Gasteiger charge is -2.03. The topological polar surface area (TPSA) is 50.1 Å². The van der Waals surface area contributed by atoms with E-state index in [4.69, 9.17) is 10.00 Å². The summed E-state index contributed by atoms with van der Waals surface area (Å²) in [4.78, 5) is 10.6. The number of rotatable bonds is 4. The highest BCUT2D eigenvalue weighted by Crippen LogP contribution is 2.12. The second kappa shape index (κ2) is 5.03. The lowest BCUT2D eigenvalue weighted by Crippen LogP contribution is -2.06. The van der Waals surface area contributed by atoms with Crippen molar-refractivity contribution in [2.75, 3.05) is 6.61 Å². The second-order valence-corrected chi connectivity index (χ2v) is 2.97. The summed E-state index contributed by atoms with van der Waals surface area (Å²) in [6.45, 7) is 1.57. The van der Waals surface area contributed by atoms with Gasteiger partial charge in [0.25, 0.3) is 0 Å². The first-order valence-electron chi connectivity index (χ1n) is 4.30. The third-order valence-corrected chi connectivity index (χ3v) is 1.65. The molecular formula is C11H11NO2. The van der Waals surface area contributed by atoms with Crippen molar-refractivity contribution in [3.63, 3.8) is 0 Å². The van der Waals surface area contributed by atoms with Crippen LogP contribution in [0.4, 0.5) is 0 Å². The van der Waals surface area contributed by atoms with Gasteiger partial charge < -0.3 is 4.74 Å². The van der Waals surface area contributed by atoms with E-state index in [-0.39, 0.29) is 12.4 Å². The number of hydrogen-bond acceptors (Lipinski definition) is 3. The first-order valence-corrected chi connectivity index (χ1v) is 4.30. The van der Waals surface area contributed by atoms with Crippen molar-refractivity contribution >= 4 is 5.78 Å². The van der Waals surface area contributed by atoms with Crippen molar-refractivity contribution in [1.29, 1.82) is 5.26 Å². The maximum absolute atomic E-state index is 10.6. The average molecular weight is 189 g/mol. The quantitative estimate of drug-likeness (QED) is 0.724. The van der Waals surface area contributed by atoms with E-state index in [2.05, 4.69) is 6.07 Å². The number of hydrogen-bond donors (Lipinski definition) is 0. The summed E-state index contributed by atoms with van der Waals surface area (Å²) in [6.07, 6.45) is 0.396. The van der Waals surface area contributed by atoms with Gasteiger partial charge in [0.05, 0.1) is 12.5 Å². The van der Waals surface area contributed by atoms with Crippen molar-refractivity contribution in [2.45, 2.75) is 13.3 Å². The Kier molecular flexibility index (Phi) is 3.69. The molecule has 0 saturated heterocycles. The Morgan fingerprint density at radius 3 is 2.57 bits per heavy atom. The molecule has 0 bridgehead atoms. The third kappa shape index (κ3) is 3.28. The summed E-state index contributed by atoms with van der Waals surface area (Å²) < 4.78 is 5.17. The zero-order chi connectivity index (χ0) is 10.4. The fraction of sp³-hybridized carbons (Fsp3) is 0.273. The Labute approximate surface area is 82.9 Å². The van der Waals surface area contributed by atoms with Gasteiger partial charge in [0, 0.05) is 0 Å². The zero-order valence-corrected chi connectivity index (χ0v) is 7.99. The maximum Gasteiger partial charge on any atom is 0.167 e. The molecule has 14 heavy (non-hydrogen) atoms. The highest BCUT2D eigenvalue weighted by atomic mass is 16.5. The fourth-order valence-electron chi connectivity index (χ4n) is 0.980. The number of Topliss-reactive ketones (excluding diaryl/α,β-unsaturated/α-hetero) is 1. The van der Waals surface area contributed by atoms with Crippen molar-refractivity contribution in [2.24, 2.45) is 0 Å². The molecule has 0 heterocycles. The van der Waals surface area contributed by atoms with E-state index >= 15 is 0 Å². The van der Waals surface area contributed by atoms with E-state index in [1.54, 1.807) is 12.1 Å². The molecule has 0 atom stereocenters. The molecule has 0 spiro atoms. The summed E-state index contributed by atoms with van der Waals surface area (Å²) in [5.74, 6) is 0.646. The Hall–Kier alpha value is -1.82. The average Bonchev–Trinajstić information content (AvgIpc) is 2.17. The molecule has 0 fully saturated rings. The monoisotopic (exact) mass is 189 g/mol. The number of nitrogens with zero attached hydrogens (tertiary/aromatic N) is 1. The highest BCUT2D eigenvalue weighted by molar-refractivity contribution is 5.77. The van der Waals surface area contributed by atoms with E-state index in [9.17, 15) is 4.79 Å². The Bertz CT molecular complexity index is 349. The molecule has 3 heteroatoms. The molecule has 0 amide bonds. The van der Waals surface area contributed by atoms with Crippen molar-refractivity contribution in [3.8, 4) is 11.8 Å². The van der Waals surface area contributed by atoms with Crippen LogP contribution in [0.15, 0.2) is 24.3 Å². The molecule has 0 radical (unpaired) electrons. The summed E-state index contributed by atoms with van der Waals surface area (Å²) >= 11 is 0. The van der Waals surface area contributed by atoms with Crippen LogP contribution in [-0.2, 0) is 11.2 Å². The molecule has 0 aromatic heterocycles. The van der Waals surface area contributed by atoms with Gasteiger partial charge in [-0.25, -0.2) is 0 Å². The van der Waals surface area contributed by atoms with Crippen LogP contribution >= 0.6 is 0 Å². The number of benzene rings is 1. The summed E-state index contributed by atoms with van der Waals surface area (Å²) in [5.41, 5.74) is 0.947. The number of ketones is 1. The van der Waals surface area contributed by atoms with Gasteiger partial charge in [-0.05, 0) is 24.6 Å². The van der Waals surface area contributed by atoms with E-state index in [0.29, 0.717) is 12.2 Å². The third-order valence-electron chi connectivity index (χ3n) is 1.65. The van der Waals surface area contributed by atoms with Crippen LogP contribution in [0, 0.1) is 11.3 Å². The molecule has 3 nitrogen and oxygen atoms in total. The fourth-order valence-corrected chi connectivity index (χ4v) is 0.980. The first kappa shape index (κ1) is 10.3. The second-order valence-electron chi connectivity index (χ2n) is 2.97. The zero-order valence-electron chi connectivity index (χ0n) is 7.99. The van der Waals surface area contributed by atoms with Crippen molar-refractivity contribution in [1.82, 2.24) is 0 Å². The molecule has 0 aliphatic rings. The molecular weight excluding hydrogens is 178 g/mol.